The van der Waals surface area contributed by atoms with E-state index in [1.165, 1.54) is 28.6 Å². The summed E-state index contributed by atoms with van der Waals surface area (Å²) in [6.07, 6.45) is 0. The lowest BCUT2D eigenvalue weighted by molar-refractivity contribution is 0.0526. The van der Waals surface area contributed by atoms with Crippen LogP contribution in [0.1, 0.15) is 28.4 Å². The first-order valence-corrected chi connectivity index (χ1v) is 10.9. The van der Waals surface area contributed by atoms with Crippen molar-refractivity contribution in [2.45, 2.75) is 24.9 Å². The third-order valence-electron chi connectivity index (χ3n) is 4.48. The van der Waals surface area contributed by atoms with Gasteiger partial charge in [-0.3, -0.25) is 0 Å². The number of halogens is 1. The Bertz CT molecular complexity index is 1080. The van der Waals surface area contributed by atoms with E-state index in [0.717, 1.165) is 0 Å². The lowest BCUT2D eigenvalue weighted by Crippen LogP contribution is -2.30. The number of sulfonamides is 1. The van der Waals surface area contributed by atoms with E-state index in [9.17, 15) is 17.6 Å². The molecule has 0 atom stereocenters. The van der Waals surface area contributed by atoms with E-state index in [0.29, 0.717) is 16.7 Å². The first-order valence-electron chi connectivity index (χ1n) is 9.46. The summed E-state index contributed by atoms with van der Waals surface area (Å²) in [5.41, 5.74) is 1.78. The minimum atomic E-state index is -3.79. The van der Waals surface area contributed by atoms with Gasteiger partial charge in [-0.1, -0.05) is 42.5 Å². The molecule has 0 heterocycles. The maximum absolute atomic E-state index is 13.3. The zero-order valence-electron chi connectivity index (χ0n) is 16.5. The first-order chi connectivity index (χ1) is 14.4. The molecular weight excluding hydrogens is 405 g/mol. The van der Waals surface area contributed by atoms with Gasteiger partial charge in [-0.05, 0) is 54.4 Å². The van der Waals surface area contributed by atoms with E-state index < -0.39 is 16.0 Å². The van der Waals surface area contributed by atoms with Crippen LogP contribution in [0, 0.1) is 5.82 Å². The molecule has 3 rings (SSSR count). The van der Waals surface area contributed by atoms with Crippen molar-refractivity contribution in [1.82, 2.24) is 4.31 Å². The predicted molar refractivity (Wildman–Crippen MR) is 112 cm³/mol. The largest absolute Gasteiger partial charge is 0.462 e. The highest BCUT2D eigenvalue weighted by Gasteiger charge is 2.25. The number of esters is 1. The van der Waals surface area contributed by atoms with Crippen LogP contribution in [0.25, 0.3) is 0 Å². The van der Waals surface area contributed by atoms with Gasteiger partial charge in [-0.25, -0.2) is 17.6 Å². The summed E-state index contributed by atoms with van der Waals surface area (Å²) in [4.78, 5) is 12.0. The van der Waals surface area contributed by atoms with Crippen molar-refractivity contribution in [3.8, 4) is 0 Å². The molecule has 0 N–H and O–H groups in total. The Balaban J connectivity index is 1.89. The second kappa shape index (κ2) is 9.65. The zero-order valence-corrected chi connectivity index (χ0v) is 17.3. The van der Waals surface area contributed by atoms with Gasteiger partial charge >= 0.3 is 5.97 Å². The Morgan fingerprint density at radius 3 is 1.93 bits per heavy atom. The number of carbonyl (C=O) groups excluding carboxylic acids is 1. The minimum absolute atomic E-state index is 0.0805. The van der Waals surface area contributed by atoms with Crippen LogP contribution in [-0.4, -0.2) is 25.3 Å². The Labute approximate surface area is 175 Å². The van der Waals surface area contributed by atoms with E-state index in [2.05, 4.69) is 0 Å². The maximum atomic E-state index is 13.3. The van der Waals surface area contributed by atoms with Crippen LogP contribution in [0.5, 0.6) is 0 Å². The van der Waals surface area contributed by atoms with Crippen molar-refractivity contribution < 1.29 is 22.3 Å². The second-order valence-corrected chi connectivity index (χ2v) is 8.57. The fourth-order valence-electron chi connectivity index (χ4n) is 2.93. The van der Waals surface area contributed by atoms with Gasteiger partial charge in [0.15, 0.2) is 0 Å². The molecule has 156 valence electrons. The van der Waals surface area contributed by atoms with Crippen molar-refractivity contribution >= 4 is 16.0 Å². The molecule has 0 fully saturated rings. The van der Waals surface area contributed by atoms with Crippen LogP contribution in [-0.2, 0) is 27.8 Å². The lowest BCUT2D eigenvalue weighted by Gasteiger charge is -2.23. The third-order valence-corrected chi connectivity index (χ3v) is 6.28. The quantitative estimate of drug-likeness (QED) is 0.500. The Morgan fingerprint density at radius 1 is 0.867 bits per heavy atom. The normalized spacial score (nSPS) is 11.4. The molecule has 30 heavy (non-hydrogen) atoms. The monoisotopic (exact) mass is 427 g/mol. The van der Waals surface area contributed by atoms with E-state index in [-0.39, 0.29) is 30.4 Å². The maximum Gasteiger partial charge on any atom is 0.338 e. The average Bonchev–Trinajstić information content (AvgIpc) is 2.76. The molecule has 3 aromatic carbocycles. The van der Waals surface area contributed by atoms with E-state index >= 15 is 0 Å². The van der Waals surface area contributed by atoms with Gasteiger partial charge in [0.2, 0.25) is 10.0 Å². The topological polar surface area (TPSA) is 63.7 Å². The highest BCUT2D eigenvalue weighted by molar-refractivity contribution is 7.89. The highest BCUT2D eigenvalue weighted by atomic mass is 32.2. The van der Waals surface area contributed by atoms with Crippen molar-refractivity contribution in [2.75, 3.05) is 6.61 Å². The predicted octanol–water partition coefficient (Wildman–Crippen LogP) is 4.39. The Hall–Kier alpha value is -3.03. The Morgan fingerprint density at radius 2 is 1.40 bits per heavy atom. The molecule has 0 saturated heterocycles. The van der Waals surface area contributed by atoms with Gasteiger partial charge in [0.1, 0.15) is 5.82 Å². The number of hydrogen-bond acceptors (Lipinski definition) is 4. The molecule has 0 amide bonds. The lowest BCUT2D eigenvalue weighted by atomic mass is 10.1. The molecule has 3 aromatic rings. The summed E-state index contributed by atoms with van der Waals surface area (Å²) in [7, 11) is -3.79. The molecule has 0 aliphatic carbocycles. The van der Waals surface area contributed by atoms with Crippen molar-refractivity contribution in [3.05, 3.63) is 101 Å². The molecule has 5 nitrogen and oxygen atoms in total. The molecule has 0 aliphatic heterocycles. The van der Waals surface area contributed by atoms with Crippen LogP contribution >= 0.6 is 0 Å². The molecule has 0 unspecified atom stereocenters. The van der Waals surface area contributed by atoms with E-state index in [1.807, 2.05) is 0 Å². The summed E-state index contributed by atoms with van der Waals surface area (Å²) < 4.78 is 46.1. The number of nitrogens with zero attached hydrogens (tertiary/aromatic N) is 1. The fraction of sp³-hybridized carbons (Fsp3) is 0.174. The second-order valence-electron chi connectivity index (χ2n) is 6.63. The number of benzene rings is 3. The van der Waals surface area contributed by atoms with E-state index in [1.54, 1.807) is 61.5 Å². The fourth-order valence-corrected chi connectivity index (χ4v) is 4.36. The van der Waals surface area contributed by atoms with Gasteiger partial charge in [0, 0.05) is 13.1 Å². The summed E-state index contributed by atoms with van der Waals surface area (Å²) in [5.74, 6) is -0.810. The van der Waals surface area contributed by atoms with Gasteiger partial charge in [-0.2, -0.15) is 4.31 Å². The van der Waals surface area contributed by atoms with Crippen LogP contribution in [0.4, 0.5) is 4.39 Å². The van der Waals surface area contributed by atoms with Gasteiger partial charge in [-0.15, -0.1) is 0 Å². The van der Waals surface area contributed by atoms with Crippen molar-refractivity contribution in [3.63, 3.8) is 0 Å². The van der Waals surface area contributed by atoms with Crippen LogP contribution in [0.2, 0.25) is 0 Å². The highest BCUT2D eigenvalue weighted by Crippen LogP contribution is 2.21. The number of hydrogen-bond donors (Lipinski definition) is 0. The van der Waals surface area contributed by atoms with Gasteiger partial charge < -0.3 is 4.74 Å². The molecule has 0 spiro atoms. The average molecular weight is 427 g/mol. The SMILES string of the molecule is CCOC(=O)c1ccc(CN(Cc2ccc(F)cc2)S(=O)(=O)c2ccccc2)cc1. The van der Waals surface area contributed by atoms with Gasteiger partial charge in [0.05, 0.1) is 17.1 Å². The third kappa shape index (κ3) is 5.31. The van der Waals surface area contributed by atoms with Crippen LogP contribution in [0.15, 0.2) is 83.8 Å². The number of carbonyl (C=O) groups is 1. The minimum Gasteiger partial charge on any atom is -0.462 e. The summed E-state index contributed by atoms with van der Waals surface area (Å²) in [5, 5.41) is 0. The van der Waals surface area contributed by atoms with Crippen LogP contribution in [0.3, 0.4) is 0 Å². The molecule has 7 heteroatoms. The first kappa shape index (κ1) is 21.7. The van der Waals surface area contributed by atoms with Crippen LogP contribution < -0.4 is 0 Å². The summed E-state index contributed by atoms with van der Waals surface area (Å²) in [6.45, 7) is 2.18. The summed E-state index contributed by atoms with van der Waals surface area (Å²) >= 11 is 0. The molecule has 0 saturated carbocycles. The smallest absolute Gasteiger partial charge is 0.338 e. The standard InChI is InChI=1S/C23H22FNO4S/c1-2-29-23(26)20-12-8-18(9-13-20)16-25(17-19-10-14-21(24)15-11-19)30(27,28)22-6-4-3-5-7-22/h3-15H,2,16-17H2,1H3. The van der Waals surface area contributed by atoms with Crippen molar-refractivity contribution in [1.29, 1.82) is 0 Å². The molecule has 0 aromatic heterocycles. The van der Waals surface area contributed by atoms with Gasteiger partial charge in [0.25, 0.3) is 0 Å². The molecule has 0 aliphatic rings. The van der Waals surface area contributed by atoms with Crippen molar-refractivity contribution in [2.24, 2.45) is 0 Å². The van der Waals surface area contributed by atoms with E-state index in [4.69, 9.17) is 4.74 Å². The Kier molecular flexibility index (Phi) is 6.97. The summed E-state index contributed by atoms with van der Waals surface area (Å²) in [6, 6.07) is 20.5. The zero-order chi connectivity index (χ0) is 21.6. The molecule has 0 bridgehead atoms. The number of ether oxygens (including phenoxy) is 1. The number of rotatable bonds is 8. The molecular formula is C23H22FNO4S. The molecule has 0 radical (unpaired) electrons.